The second kappa shape index (κ2) is 8.98. The number of imide groups is 1. The van der Waals surface area contributed by atoms with Crippen LogP contribution >= 0.6 is 0 Å². The van der Waals surface area contributed by atoms with Gasteiger partial charge in [-0.15, -0.1) is 0 Å². The third-order valence-electron chi connectivity index (χ3n) is 5.57. The lowest BCUT2D eigenvalue weighted by atomic mass is 9.87. The van der Waals surface area contributed by atoms with Crippen LogP contribution in [0.5, 0.6) is 5.75 Å². The molecule has 0 bridgehead atoms. The predicted octanol–water partition coefficient (Wildman–Crippen LogP) is 2.52. The molecule has 7 heteroatoms. The number of hydrogen-bond acceptors (Lipinski definition) is 4. The molecule has 1 heterocycles. The molecule has 0 saturated carbocycles. The van der Waals surface area contributed by atoms with E-state index in [1.807, 2.05) is 38.1 Å². The van der Waals surface area contributed by atoms with E-state index in [9.17, 15) is 14.4 Å². The maximum Gasteiger partial charge on any atom is 0.325 e. The molecule has 7 nitrogen and oxygen atoms in total. The smallest absolute Gasteiger partial charge is 0.325 e. The van der Waals surface area contributed by atoms with Gasteiger partial charge in [0.15, 0.2) is 0 Å². The standard InChI is InChI=1S/C23H27N3O4/c1-4-23(18-9-11-19(30-3)12-10-18)21(28)26(22(29)25-23)15-20(27)24-14-13-17-8-6-5-7-16(17)2/h5-12H,4,13-15H2,1-3H3,(H,24,27)(H,25,29)/t23-/m0/s1. The normalized spacial score (nSPS) is 18.3. The van der Waals surface area contributed by atoms with Crippen molar-refractivity contribution in [2.24, 2.45) is 0 Å². The molecule has 1 aliphatic heterocycles. The molecular weight excluding hydrogens is 382 g/mol. The van der Waals surface area contributed by atoms with E-state index in [4.69, 9.17) is 4.74 Å². The van der Waals surface area contributed by atoms with Crippen LogP contribution in [0, 0.1) is 6.92 Å². The number of amides is 4. The van der Waals surface area contributed by atoms with Crippen LogP contribution in [0.25, 0.3) is 0 Å². The van der Waals surface area contributed by atoms with Crippen molar-refractivity contribution in [1.82, 2.24) is 15.5 Å². The molecule has 0 aromatic heterocycles. The van der Waals surface area contributed by atoms with Crippen LogP contribution in [-0.4, -0.2) is 42.9 Å². The molecule has 1 atom stereocenters. The number of ether oxygens (including phenoxy) is 1. The number of nitrogens with one attached hydrogen (secondary N) is 2. The first-order chi connectivity index (χ1) is 14.4. The van der Waals surface area contributed by atoms with Crippen LogP contribution < -0.4 is 15.4 Å². The Morgan fingerprint density at radius 3 is 2.47 bits per heavy atom. The van der Waals surface area contributed by atoms with Crippen molar-refractivity contribution in [3.63, 3.8) is 0 Å². The molecule has 2 N–H and O–H groups in total. The van der Waals surface area contributed by atoms with Crippen molar-refractivity contribution in [1.29, 1.82) is 0 Å². The van der Waals surface area contributed by atoms with Crippen LogP contribution in [0.2, 0.25) is 0 Å². The first-order valence-corrected chi connectivity index (χ1v) is 10.0. The summed E-state index contributed by atoms with van der Waals surface area (Å²) in [5.41, 5.74) is 1.79. The van der Waals surface area contributed by atoms with E-state index in [-0.39, 0.29) is 12.5 Å². The topological polar surface area (TPSA) is 87.7 Å². The minimum Gasteiger partial charge on any atom is -0.497 e. The van der Waals surface area contributed by atoms with Crippen molar-refractivity contribution < 1.29 is 19.1 Å². The van der Waals surface area contributed by atoms with E-state index in [0.717, 1.165) is 16.0 Å². The molecule has 0 spiro atoms. The van der Waals surface area contributed by atoms with Crippen LogP contribution in [0.4, 0.5) is 4.79 Å². The number of urea groups is 1. The highest BCUT2D eigenvalue weighted by Gasteiger charge is 2.51. The lowest BCUT2D eigenvalue weighted by Crippen LogP contribution is -2.45. The minimum atomic E-state index is -1.18. The Balaban J connectivity index is 1.64. The lowest BCUT2D eigenvalue weighted by molar-refractivity contribution is -0.135. The Labute approximate surface area is 176 Å². The number of carbonyl (C=O) groups excluding carboxylic acids is 3. The highest BCUT2D eigenvalue weighted by Crippen LogP contribution is 2.33. The first kappa shape index (κ1) is 21.4. The Kier molecular flexibility index (Phi) is 6.40. The van der Waals surface area contributed by atoms with Crippen molar-refractivity contribution in [3.8, 4) is 5.75 Å². The average Bonchev–Trinajstić information content (AvgIpc) is 3.00. The van der Waals surface area contributed by atoms with Crippen LogP contribution in [0.1, 0.15) is 30.0 Å². The summed E-state index contributed by atoms with van der Waals surface area (Å²) < 4.78 is 5.16. The molecule has 0 aliphatic carbocycles. The first-order valence-electron chi connectivity index (χ1n) is 10.0. The Hall–Kier alpha value is -3.35. The summed E-state index contributed by atoms with van der Waals surface area (Å²) in [6, 6.07) is 14.4. The van der Waals surface area contributed by atoms with Crippen LogP contribution in [-0.2, 0) is 21.5 Å². The molecule has 4 amide bonds. The van der Waals surface area contributed by atoms with Gasteiger partial charge in [-0.25, -0.2) is 4.79 Å². The minimum absolute atomic E-state index is 0.309. The van der Waals surface area contributed by atoms with Gasteiger partial charge in [0.1, 0.15) is 17.8 Å². The zero-order chi connectivity index (χ0) is 21.7. The van der Waals surface area contributed by atoms with Gasteiger partial charge in [0.2, 0.25) is 5.91 Å². The van der Waals surface area contributed by atoms with Crippen molar-refractivity contribution in [2.75, 3.05) is 20.2 Å². The Morgan fingerprint density at radius 1 is 1.13 bits per heavy atom. The fourth-order valence-electron chi connectivity index (χ4n) is 3.71. The summed E-state index contributed by atoms with van der Waals surface area (Å²) in [6.45, 7) is 3.98. The Bertz CT molecular complexity index is 942. The fraction of sp³-hybridized carbons (Fsp3) is 0.348. The maximum absolute atomic E-state index is 13.1. The average molecular weight is 409 g/mol. The van der Waals surface area contributed by atoms with Gasteiger partial charge in [-0.05, 0) is 48.6 Å². The molecule has 30 heavy (non-hydrogen) atoms. The maximum atomic E-state index is 13.1. The molecule has 2 aromatic carbocycles. The SMILES string of the molecule is CC[C@@]1(c2ccc(OC)cc2)NC(=O)N(CC(=O)NCCc2ccccc2C)C1=O. The monoisotopic (exact) mass is 409 g/mol. The van der Waals surface area contributed by atoms with E-state index >= 15 is 0 Å². The third-order valence-corrected chi connectivity index (χ3v) is 5.57. The van der Waals surface area contributed by atoms with Gasteiger partial charge >= 0.3 is 6.03 Å². The second-order valence-electron chi connectivity index (χ2n) is 7.34. The molecule has 3 rings (SSSR count). The summed E-state index contributed by atoms with van der Waals surface area (Å²) >= 11 is 0. The number of carbonyl (C=O) groups is 3. The van der Waals surface area contributed by atoms with Crippen molar-refractivity contribution in [3.05, 3.63) is 65.2 Å². The fourth-order valence-corrected chi connectivity index (χ4v) is 3.71. The highest BCUT2D eigenvalue weighted by molar-refractivity contribution is 6.09. The summed E-state index contributed by atoms with van der Waals surface area (Å²) in [5.74, 6) is -0.130. The lowest BCUT2D eigenvalue weighted by Gasteiger charge is -2.26. The summed E-state index contributed by atoms with van der Waals surface area (Å²) in [7, 11) is 1.56. The van der Waals surface area contributed by atoms with E-state index in [1.165, 1.54) is 0 Å². The van der Waals surface area contributed by atoms with Gasteiger partial charge in [0.05, 0.1) is 7.11 Å². The summed E-state index contributed by atoms with van der Waals surface area (Å²) in [6.07, 6.45) is 1.05. The highest BCUT2D eigenvalue weighted by atomic mass is 16.5. The molecular formula is C23H27N3O4. The van der Waals surface area contributed by atoms with Gasteiger partial charge < -0.3 is 15.4 Å². The molecule has 2 aromatic rings. The number of rotatable bonds is 8. The van der Waals surface area contributed by atoms with Gasteiger partial charge in [0.25, 0.3) is 5.91 Å². The van der Waals surface area contributed by atoms with E-state index in [2.05, 4.69) is 10.6 Å². The van der Waals surface area contributed by atoms with Gasteiger partial charge in [-0.3, -0.25) is 14.5 Å². The summed E-state index contributed by atoms with van der Waals surface area (Å²) in [4.78, 5) is 39.0. The van der Waals surface area contributed by atoms with Gasteiger partial charge in [-0.1, -0.05) is 43.3 Å². The quantitative estimate of drug-likeness (QED) is 0.656. The van der Waals surface area contributed by atoms with Gasteiger partial charge in [0, 0.05) is 6.54 Å². The number of hydrogen-bond donors (Lipinski definition) is 2. The second-order valence-corrected chi connectivity index (χ2v) is 7.34. The third kappa shape index (κ3) is 4.15. The zero-order valence-corrected chi connectivity index (χ0v) is 17.5. The molecule has 158 valence electrons. The zero-order valence-electron chi connectivity index (χ0n) is 17.5. The number of methoxy groups -OCH3 is 1. The number of benzene rings is 2. The number of aryl methyl sites for hydroxylation is 1. The Morgan fingerprint density at radius 2 is 1.83 bits per heavy atom. The van der Waals surface area contributed by atoms with Crippen molar-refractivity contribution in [2.45, 2.75) is 32.2 Å². The molecule has 1 saturated heterocycles. The molecule has 0 unspecified atom stereocenters. The van der Waals surface area contributed by atoms with E-state index < -0.39 is 17.5 Å². The predicted molar refractivity (Wildman–Crippen MR) is 113 cm³/mol. The van der Waals surface area contributed by atoms with Crippen LogP contribution in [0.15, 0.2) is 48.5 Å². The van der Waals surface area contributed by atoms with E-state index in [1.54, 1.807) is 31.4 Å². The molecule has 1 aliphatic rings. The van der Waals surface area contributed by atoms with Crippen LogP contribution in [0.3, 0.4) is 0 Å². The molecule has 0 radical (unpaired) electrons. The number of nitrogens with zero attached hydrogens (tertiary/aromatic N) is 1. The molecule has 1 fully saturated rings. The largest absolute Gasteiger partial charge is 0.497 e. The van der Waals surface area contributed by atoms with E-state index in [0.29, 0.717) is 30.7 Å². The summed E-state index contributed by atoms with van der Waals surface area (Å²) in [5, 5.41) is 5.58. The van der Waals surface area contributed by atoms with Crippen molar-refractivity contribution >= 4 is 17.8 Å². The van der Waals surface area contributed by atoms with Gasteiger partial charge in [-0.2, -0.15) is 0 Å².